The summed E-state index contributed by atoms with van der Waals surface area (Å²) in [5.41, 5.74) is 2.25. The van der Waals surface area contributed by atoms with Crippen LogP contribution >= 0.6 is 0 Å². The van der Waals surface area contributed by atoms with E-state index in [1.807, 2.05) is 36.4 Å². The molecule has 0 spiro atoms. The highest BCUT2D eigenvalue weighted by Gasteiger charge is 2.05. The van der Waals surface area contributed by atoms with E-state index in [9.17, 15) is 9.59 Å². The van der Waals surface area contributed by atoms with E-state index < -0.39 is 0 Å². The Hall–Kier alpha value is -2.86. The number of carbonyl (C=O) groups is 2. The molecule has 0 atom stereocenters. The van der Waals surface area contributed by atoms with Gasteiger partial charge in [0.25, 0.3) is 0 Å². The van der Waals surface area contributed by atoms with Crippen LogP contribution in [0.5, 0.6) is 5.75 Å². The van der Waals surface area contributed by atoms with Crippen molar-refractivity contribution in [3.05, 3.63) is 54.1 Å². The number of ether oxygens (including phenoxy) is 1. The van der Waals surface area contributed by atoms with Crippen molar-refractivity contribution in [2.24, 2.45) is 0 Å². The van der Waals surface area contributed by atoms with E-state index in [-0.39, 0.29) is 18.4 Å². The summed E-state index contributed by atoms with van der Waals surface area (Å²) in [6, 6.07) is 14.6. The van der Waals surface area contributed by atoms with Gasteiger partial charge < -0.3 is 20.5 Å². The smallest absolute Gasteiger partial charge is 0.224 e. The largest absolute Gasteiger partial charge is 0.497 e. The van der Waals surface area contributed by atoms with Gasteiger partial charge in [0.1, 0.15) is 5.75 Å². The molecule has 0 saturated heterocycles. The van der Waals surface area contributed by atoms with Crippen molar-refractivity contribution in [3.63, 3.8) is 0 Å². The summed E-state index contributed by atoms with van der Waals surface area (Å²) in [5.74, 6) is 0.740. The van der Waals surface area contributed by atoms with E-state index in [4.69, 9.17) is 9.84 Å². The Morgan fingerprint density at radius 1 is 0.800 bits per heavy atom. The summed E-state index contributed by atoms with van der Waals surface area (Å²) in [4.78, 5) is 24.0. The molecule has 6 heteroatoms. The molecule has 6 nitrogen and oxygen atoms in total. The highest BCUT2D eigenvalue weighted by molar-refractivity contribution is 5.91. The fourth-order valence-corrected chi connectivity index (χ4v) is 3.17. The Kier molecular flexibility index (Phi) is 10.4. The molecule has 0 bridgehead atoms. The Bertz CT molecular complexity index is 740. The fourth-order valence-electron chi connectivity index (χ4n) is 3.17. The quantitative estimate of drug-likeness (QED) is 0.409. The van der Waals surface area contributed by atoms with Crippen LogP contribution in [0.4, 0.5) is 11.4 Å². The molecule has 2 aromatic rings. The molecule has 3 N–H and O–H groups in total. The number of anilines is 2. The van der Waals surface area contributed by atoms with E-state index in [1.54, 1.807) is 19.2 Å². The lowest BCUT2D eigenvalue weighted by atomic mass is 10.1. The Labute approximate surface area is 178 Å². The molecule has 2 rings (SSSR count). The summed E-state index contributed by atoms with van der Waals surface area (Å²) in [6.45, 7) is -0.0353. The minimum absolute atomic E-state index is 0.000645. The van der Waals surface area contributed by atoms with Crippen molar-refractivity contribution in [2.75, 3.05) is 17.7 Å². The first-order valence-electron chi connectivity index (χ1n) is 10.5. The second kappa shape index (κ2) is 13.4. The van der Waals surface area contributed by atoms with Gasteiger partial charge in [0.05, 0.1) is 13.7 Å². The molecule has 2 amide bonds. The molecular formula is C24H32N2O4. The standard InChI is InChI=1S/C24H32N2O4/c1-30-22-13-9-12-21(17-22)26-24(29)15-7-5-3-2-4-6-14-23(28)25-20-11-8-10-19(16-20)18-27/h8-13,16-17,27H,2-7,14-15,18H2,1H3,(H,25,28)(H,26,29). The number of methoxy groups -OCH3 is 1. The van der Waals surface area contributed by atoms with Crippen molar-refractivity contribution >= 4 is 23.2 Å². The van der Waals surface area contributed by atoms with Gasteiger partial charge in [-0.05, 0) is 42.7 Å². The van der Waals surface area contributed by atoms with Crippen LogP contribution in [0.1, 0.15) is 56.9 Å². The number of benzene rings is 2. The van der Waals surface area contributed by atoms with Gasteiger partial charge in [-0.25, -0.2) is 0 Å². The van der Waals surface area contributed by atoms with Crippen molar-refractivity contribution < 1.29 is 19.4 Å². The first kappa shape index (κ1) is 23.4. The van der Waals surface area contributed by atoms with Gasteiger partial charge in [-0.2, -0.15) is 0 Å². The zero-order chi connectivity index (χ0) is 21.6. The second-order valence-corrected chi connectivity index (χ2v) is 7.31. The van der Waals surface area contributed by atoms with E-state index in [0.717, 1.165) is 61.2 Å². The summed E-state index contributed by atoms with van der Waals surface area (Å²) in [5, 5.41) is 14.9. The molecule has 0 aliphatic carbocycles. The van der Waals surface area contributed by atoms with Crippen LogP contribution in [-0.2, 0) is 16.2 Å². The van der Waals surface area contributed by atoms with E-state index in [2.05, 4.69) is 10.6 Å². The van der Waals surface area contributed by atoms with Gasteiger partial charge >= 0.3 is 0 Å². The number of rotatable bonds is 13. The molecule has 0 heterocycles. The van der Waals surface area contributed by atoms with Crippen LogP contribution in [0.15, 0.2) is 48.5 Å². The normalized spacial score (nSPS) is 10.5. The van der Waals surface area contributed by atoms with Crippen LogP contribution in [0.2, 0.25) is 0 Å². The molecule has 0 aromatic heterocycles. The number of nitrogens with one attached hydrogen (secondary N) is 2. The average molecular weight is 413 g/mol. The molecule has 0 unspecified atom stereocenters. The van der Waals surface area contributed by atoms with E-state index in [0.29, 0.717) is 12.8 Å². The number of hydrogen-bond donors (Lipinski definition) is 3. The van der Waals surface area contributed by atoms with Crippen molar-refractivity contribution in [1.82, 2.24) is 0 Å². The van der Waals surface area contributed by atoms with Crippen molar-refractivity contribution in [3.8, 4) is 5.75 Å². The molecule has 2 aromatic carbocycles. The number of aliphatic hydroxyl groups excluding tert-OH is 1. The van der Waals surface area contributed by atoms with Crippen LogP contribution < -0.4 is 15.4 Å². The van der Waals surface area contributed by atoms with Crippen LogP contribution in [0.25, 0.3) is 0 Å². The SMILES string of the molecule is COc1cccc(NC(=O)CCCCCCCCC(=O)Nc2cccc(CO)c2)c1. The minimum Gasteiger partial charge on any atom is -0.497 e. The van der Waals surface area contributed by atoms with Crippen LogP contribution in [0.3, 0.4) is 0 Å². The van der Waals surface area contributed by atoms with Gasteiger partial charge in [-0.1, -0.05) is 43.9 Å². The number of amides is 2. The number of carbonyl (C=O) groups excluding carboxylic acids is 2. The predicted molar refractivity (Wildman–Crippen MR) is 120 cm³/mol. The third kappa shape index (κ3) is 9.09. The Balaban J connectivity index is 1.49. The van der Waals surface area contributed by atoms with Crippen LogP contribution in [-0.4, -0.2) is 24.0 Å². The van der Waals surface area contributed by atoms with E-state index >= 15 is 0 Å². The number of aliphatic hydroxyl groups is 1. The Morgan fingerprint density at radius 2 is 1.33 bits per heavy atom. The van der Waals surface area contributed by atoms with Gasteiger partial charge in [-0.15, -0.1) is 0 Å². The van der Waals surface area contributed by atoms with E-state index in [1.165, 1.54) is 0 Å². The third-order valence-corrected chi connectivity index (χ3v) is 4.80. The monoisotopic (exact) mass is 412 g/mol. The molecule has 0 fully saturated rings. The maximum atomic E-state index is 12.0. The van der Waals surface area contributed by atoms with Crippen molar-refractivity contribution in [1.29, 1.82) is 0 Å². The highest BCUT2D eigenvalue weighted by Crippen LogP contribution is 2.17. The Morgan fingerprint density at radius 3 is 1.90 bits per heavy atom. The summed E-state index contributed by atoms with van der Waals surface area (Å²) in [6.07, 6.45) is 6.83. The lowest BCUT2D eigenvalue weighted by Gasteiger charge is -2.07. The second-order valence-electron chi connectivity index (χ2n) is 7.31. The lowest BCUT2D eigenvalue weighted by molar-refractivity contribution is -0.117. The fraction of sp³-hybridized carbons (Fsp3) is 0.417. The zero-order valence-corrected chi connectivity index (χ0v) is 17.7. The van der Waals surface area contributed by atoms with Gasteiger partial charge in [-0.3, -0.25) is 9.59 Å². The maximum absolute atomic E-state index is 12.0. The molecule has 0 saturated carbocycles. The van der Waals surface area contributed by atoms with Gasteiger partial charge in [0, 0.05) is 30.3 Å². The molecule has 0 radical (unpaired) electrons. The number of hydrogen-bond acceptors (Lipinski definition) is 4. The predicted octanol–water partition coefficient (Wildman–Crippen LogP) is 4.89. The highest BCUT2D eigenvalue weighted by atomic mass is 16.5. The summed E-state index contributed by atoms with van der Waals surface area (Å²) >= 11 is 0. The third-order valence-electron chi connectivity index (χ3n) is 4.80. The summed E-state index contributed by atoms with van der Waals surface area (Å²) in [7, 11) is 1.60. The first-order valence-corrected chi connectivity index (χ1v) is 10.5. The molecule has 0 aliphatic heterocycles. The first-order chi connectivity index (χ1) is 14.6. The zero-order valence-electron chi connectivity index (χ0n) is 17.7. The molecule has 30 heavy (non-hydrogen) atoms. The number of unbranched alkanes of at least 4 members (excludes halogenated alkanes) is 5. The topological polar surface area (TPSA) is 87.7 Å². The van der Waals surface area contributed by atoms with Crippen molar-refractivity contribution in [2.45, 2.75) is 58.0 Å². The maximum Gasteiger partial charge on any atom is 0.224 e. The summed E-state index contributed by atoms with van der Waals surface area (Å²) < 4.78 is 5.15. The molecule has 162 valence electrons. The lowest BCUT2D eigenvalue weighted by Crippen LogP contribution is -2.11. The molecule has 0 aliphatic rings. The van der Waals surface area contributed by atoms with Gasteiger partial charge in [0.15, 0.2) is 0 Å². The minimum atomic E-state index is -0.0353. The average Bonchev–Trinajstić information content (AvgIpc) is 2.75. The molecular weight excluding hydrogens is 380 g/mol. The van der Waals surface area contributed by atoms with Crippen LogP contribution in [0, 0.1) is 0 Å². The van der Waals surface area contributed by atoms with Gasteiger partial charge in [0.2, 0.25) is 11.8 Å².